The van der Waals surface area contributed by atoms with Gasteiger partial charge in [-0.05, 0) is 19.1 Å². The van der Waals surface area contributed by atoms with Gasteiger partial charge in [0.25, 0.3) is 0 Å². The number of rotatable bonds is 2. The Balaban J connectivity index is 1.78. The van der Waals surface area contributed by atoms with Crippen LogP contribution in [-0.2, 0) is 10.8 Å². The number of fused-ring (bicyclic) bond motifs is 1. The Labute approximate surface area is 143 Å². The highest BCUT2D eigenvalue weighted by atomic mass is 32.2. The number of aryl methyl sites for hydroxylation is 1. The first-order valence-electron chi connectivity index (χ1n) is 8.42. The van der Waals surface area contributed by atoms with Gasteiger partial charge in [-0.2, -0.15) is 4.98 Å². The molecule has 4 heterocycles. The zero-order valence-electron chi connectivity index (χ0n) is 13.9. The normalized spacial score (nSPS) is 19.9. The summed E-state index contributed by atoms with van der Waals surface area (Å²) in [5.41, 5.74) is 2.69. The Kier molecular flexibility index (Phi) is 4.32. The molecule has 0 aromatic carbocycles. The summed E-state index contributed by atoms with van der Waals surface area (Å²) >= 11 is 0. The van der Waals surface area contributed by atoms with Crippen LogP contribution < -0.4 is 15.1 Å². The van der Waals surface area contributed by atoms with Crippen molar-refractivity contribution in [3.8, 4) is 0 Å². The fourth-order valence-electron chi connectivity index (χ4n) is 3.16. The number of anilines is 2. The second kappa shape index (κ2) is 6.60. The first-order valence-corrected chi connectivity index (χ1v) is 9.90. The maximum absolute atomic E-state index is 11.7. The molecule has 8 heteroatoms. The average molecular weight is 346 g/mol. The number of hydrogen-bond donors (Lipinski definition) is 1. The summed E-state index contributed by atoms with van der Waals surface area (Å²) in [5.74, 6) is 3.05. The molecule has 0 radical (unpaired) electrons. The van der Waals surface area contributed by atoms with Crippen molar-refractivity contribution < 1.29 is 4.21 Å². The zero-order chi connectivity index (χ0) is 16.5. The van der Waals surface area contributed by atoms with Crippen LogP contribution in [0.1, 0.15) is 5.69 Å². The molecule has 2 aliphatic heterocycles. The summed E-state index contributed by atoms with van der Waals surface area (Å²) in [6.45, 7) is 7.23. The molecule has 0 saturated carbocycles. The molecule has 0 bridgehead atoms. The average Bonchev–Trinajstić information content (AvgIpc) is 2.62. The lowest BCUT2D eigenvalue weighted by atomic mass is 10.3. The maximum atomic E-state index is 11.7. The van der Waals surface area contributed by atoms with E-state index in [0.717, 1.165) is 67.8 Å². The van der Waals surface area contributed by atoms with E-state index in [2.05, 4.69) is 20.1 Å². The summed E-state index contributed by atoms with van der Waals surface area (Å²) in [6, 6.07) is 4.02. The maximum Gasteiger partial charge on any atom is 0.228 e. The SMILES string of the molecule is Cc1ccc2nc(N3CCNCC3)nc(N3CCS(=O)CC3)c2n1. The molecule has 0 atom stereocenters. The van der Waals surface area contributed by atoms with E-state index in [1.54, 1.807) is 0 Å². The fourth-order valence-corrected chi connectivity index (χ4v) is 4.21. The van der Waals surface area contributed by atoms with E-state index in [4.69, 9.17) is 9.97 Å². The van der Waals surface area contributed by atoms with E-state index in [9.17, 15) is 4.21 Å². The molecule has 2 aliphatic rings. The van der Waals surface area contributed by atoms with Crippen LogP contribution in [0.4, 0.5) is 11.8 Å². The largest absolute Gasteiger partial charge is 0.353 e. The van der Waals surface area contributed by atoms with E-state index in [-0.39, 0.29) is 0 Å². The topological polar surface area (TPSA) is 74.2 Å². The smallest absolute Gasteiger partial charge is 0.228 e. The van der Waals surface area contributed by atoms with Gasteiger partial charge in [-0.3, -0.25) is 4.21 Å². The standard InChI is InChI=1S/C16H22N6OS/c1-12-2-3-13-14(18-12)15(21-8-10-24(23)11-9-21)20-16(19-13)22-6-4-17-5-7-22/h2-3,17H,4-11H2,1H3. The monoisotopic (exact) mass is 346 g/mol. The van der Waals surface area contributed by atoms with Crippen LogP contribution >= 0.6 is 0 Å². The molecule has 4 rings (SSSR count). The molecule has 0 spiro atoms. The van der Waals surface area contributed by atoms with Crippen molar-refractivity contribution in [3.63, 3.8) is 0 Å². The number of piperazine rings is 1. The molecule has 0 aliphatic carbocycles. The quantitative estimate of drug-likeness (QED) is 0.839. The van der Waals surface area contributed by atoms with Gasteiger partial charge in [0.2, 0.25) is 5.95 Å². The fraction of sp³-hybridized carbons (Fsp3) is 0.562. The molecule has 0 amide bonds. The molecule has 2 fully saturated rings. The van der Waals surface area contributed by atoms with Gasteiger partial charge in [0, 0.05) is 67.3 Å². The van der Waals surface area contributed by atoms with Crippen LogP contribution in [0.3, 0.4) is 0 Å². The van der Waals surface area contributed by atoms with Crippen LogP contribution in [-0.4, -0.2) is 69.9 Å². The molecule has 1 N–H and O–H groups in total. The van der Waals surface area contributed by atoms with Crippen LogP contribution in [0.25, 0.3) is 11.0 Å². The first-order chi connectivity index (χ1) is 11.7. The Morgan fingerprint density at radius 1 is 1.00 bits per heavy atom. The van der Waals surface area contributed by atoms with E-state index in [1.165, 1.54) is 0 Å². The van der Waals surface area contributed by atoms with E-state index in [1.807, 2.05) is 19.1 Å². The Morgan fingerprint density at radius 2 is 1.75 bits per heavy atom. The summed E-state index contributed by atoms with van der Waals surface area (Å²) in [4.78, 5) is 18.7. The Bertz CT molecular complexity index is 766. The van der Waals surface area contributed by atoms with Crippen molar-refractivity contribution in [2.45, 2.75) is 6.92 Å². The van der Waals surface area contributed by atoms with Gasteiger partial charge >= 0.3 is 0 Å². The van der Waals surface area contributed by atoms with Crippen molar-refractivity contribution in [3.05, 3.63) is 17.8 Å². The number of nitrogens with one attached hydrogen (secondary N) is 1. The third-order valence-corrected chi connectivity index (χ3v) is 5.80. The summed E-state index contributed by atoms with van der Waals surface area (Å²) in [7, 11) is -0.707. The lowest BCUT2D eigenvalue weighted by Gasteiger charge is -2.31. The summed E-state index contributed by atoms with van der Waals surface area (Å²) in [6.07, 6.45) is 0. The Hall–Kier alpha value is -1.80. The van der Waals surface area contributed by atoms with Crippen LogP contribution in [0.2, 0.25) is 0 Å². The lowest BCUT2D eigenvalue weighted by Crippen LogP contribution is -2.44. The van der Waals surface area contributed by atoms with E-state index in [0.29, 0.717) is 11.5 Å². The summed E-state index contributed by atoms with van der Waals surface area (Å²) < 4.78 is 11.7. The van der Waals surface area contributed by atoms with Gasteiger partial charge in [0.1, 0.15) is 5.52 Å². The molecule has 128 valence electrons. The number of nitrogens with zero attached hydrogens (tertiary/aromatic N) is 5. The van der Waals surface area contributed by atoms with Gasteiger partial charge < -0.3 is 15.1 Å². The van der Waals surface area contributed by atoms with Crippen molar-refractivity contribution in [2.75, 3.05) is 60.6 Å². The Morgan fingerprint density at radius 3 is 2.50 bits per heavy atom. The minimum atomic E-state index is -0.707. The summed E-state index contributed by atoms with van der Waals surface area (Å²) in [5, 5.41) is 3.36. The zero-order valence-corrected chi connectivity index (χ0v) is 14.7. The third-order valence-electron chi connectivity index (χ3n) is 4.53. The van der Waals surface area contributed by atoms with Gasteiger partial charge in [0.15, 0.2) is 5.82 Å². The predicted octanol–water partition coefficient (Wildman–Crippen LogP) is 0.312. The van der Waals surface area contributed by atoms with Crippen molar-refractivity contribution in [1.29, 1.82) is 0 Å². The van der Waals surface area contributed by atoms with E-state index >= 15 is 0 Å². The molecule has 0 unspecified atom stereocenters. The molecule has 2 aromatic rings. The van der Waals surface area contributed by atoms with Crippen molar-refractivity contribution in [1.82, 2.24) is 20.3 Å². The van der Waals surface area contributed by atoms with Crippen molar-refractivity contribution >= 4 is 33.6 Å². The third kappa shape index (κ3) is 3.08. The number of aromatic nitrogens is 3. The molecule has 24 heavy (non-hydrogen) atoms. The second-order valence-corrected chi connectivity index (χ2v) is 7.94. The highest BCUT2D eigenvalue weighted by molar-refractivity contribution is 7.85. The minimum Gasteiger partial charge on any atom is -0.353 e. The molecule has 2 saturated heterocycles. The first kappa shape index (κ1) is 15.7. The van der Waals surface area contributed by atoms with Gasteiger partial charge in [-0.15, -0.1) is 0 Å². The molecular weight excluding hydrogens is 324 g/mol. The van der Waals surface area contributed by atoms with Gasteiger partial charge in [0.05, 0.1) is 5.52 Å². The minimum absolute atomic E-state index is 0.695. The van der Waals surface area contributed by atoms with Gasteiger partial charge in [-0.1, -0.05) is 0 Å². The molecule has 7 nitrogen and oxygen atoms in total. The van der Waals surface area contributed by atoms with E-state index < -0.39 is 10.8 Å². The second-order valence-electron chi connectivity index (χ2n) is 6.24. The van der Waals surface area contributed by atoms with Crippen molar-refractivity contribution in [2.24, 2.45) is 0 Å². The number of pyridine rings is 1. The van der Waals surface area contributed by atoms with Crippen LogP contribution in [0.5, 0.6) is 0 Å². The highest BCUT2D eigenvalue weighted by Gasteiger charge is 2.23. The molecular formula is C16H22N6OS. The predicted molar refractivity (Wildman–Crippen MR) is 97.2 cm³/mol. The van der Waals surface area contributed by atoms with Crippen LogP contribution in [0.15, 0.2) is 12.1 Å². The number of hydrogen-bond acceptors (Lipinski definition) is 7. The lowest BCUT2D eigenvalue weighted by molar-refractivity contribution is 0.580. The highest BCUT2D eigenvalue weighted by Crippen LogP contribution is 2.26. The molecule has 2 aromatic heterocycles. The van der Waals surface area contributed by atoms with Crippen LogP contribution in [0, 0.1) is 6.92 Å². The van der Waals surface area contributed by atoms with Gasteiger partial charge in [-0.25, -0.2) is 9.97 Å².